The van der Waals surface area contributed by atoms with Crippen LogP contribution in [-0.2, 0) is 0 Å². The zero-order chi connectivity index (χ0) is 23.2. The molecule has 0 aliphatic carbocycles. The normalized spacial score (nSPS) is 25.2. The standard InChI is InChI=1S/C25H35N5S3/c1-17(2)30-13-8-18(9-14-30)24(32-3)21-6-4-5-20(29-21)22-15-19(7-10-27-22)25(33-31)23-16-26-11-12-28-23/h4-6,8,11-13,16-19,22,24-25,27,31H,7,9-10,14-15H2,1-3H3. The van der Waals surface area contributed by atoms with Crippen LogP contribution < -0.4 is 5.32 Å². The Morgan fingerprint density at radius 1 is 1.15 bits per heavy atom. The molecule has 4 heterocycles. The average Bonchev–Trinajstić information content (AvgIpc) is 2.86. The van der Waals surface area contributed by atoms with Crippen molar-refractivity contribution in [3.8, 4) is 0 Å². The van der Waals surface area contributed by atoms with Crippen LogP contribution in [0.3, 0.4) is 0 Å². The molecule has 2 aromatic heterocycles. The topological polar surface area (TPSA) is 53.9 Å². The second-order valence-corrected chi connectivity index (χ2v) is 11.5. The Kier molecular flexibility index (Phi) is 9.02. The molecule has 8 heteroatoms. The van der Waals surface area contributed by atoms with Crippen molar-refractivity contribution in [1.29, 1.82) is 0 Å². The molecular formula is C25H35N5S3. The summed E-state index contributed by atoms with van der Waals surface area (Å²) in [6, 6.07) is 7.39. The quantitative estimate of drug-likeness (QED) is 0.346. The zero-order valence-electron chi connectivity index (χ0n) is 19.7. The van der Waals surface area contributed by atoms with Gasteiger partial charge >= 0.3 is 0 Å². The van der Waals surface area contributed by atoms with Gasteiger partial charge in [0.25, 0.3) is 0 Å². The lowest BCUT2D eigenvalue weighted by Gasteiger charge is -2.35. The van der Waals surface area contributed by atoms with Crippen LogP contribution in [0, 0.1) is 11.8 Å². The number of nitrogens with one attached hydrogen (secondary N) is 1. The first-order valence-electron chi connectivity index (χ1n) is 11.8. The van der Waals surface area contributed by atoms with E-state index in [0.29, 0.717) is 23.1 Å². The van der Waals surface area contributed by atoms with Gasteiger partial charge < -0.3 is 10.2 Å². The van der Waals surface area contributed by atoms with E-state index in [-0.39, 0.29) is 11.3 Å². The largest absolute Gasteiger partial charge is 0.375 e. The lowest BCUT2D eigenvalue weighted by Crippen LogP contribution is -2.34. The second kappa shape index (κ2) is 12.0. The van der Waals surface area contributed by atoms with Crippen LogP contribution in [0.5, 0.6) is 0 Å². The smallest absolute Gasteiger partial charge is 0.0727 e. The average molecular weight is 502 g/mol. The number of hydrogen-bond acceptors (Lipinski definition) is 8. The summed E-state index contributed by atoms with van der Waals surface area (Å²) in [6.45, 7) is 6.61. The molecule has 0 bridgehead atoms. The van der Waals surface area contributed by atoms with Gasteiger partial charge in [0.15, 0.2) is 0 Å². The van der Waals surface area contributed by atoms with E-state index in [2.05, 4.69) is 82.4 Å². The van der Waals surface area contributed by atoms with Gasteiger partial charge in [-0.05, 0) is 76.1 Å². The van der Waals surface area contributed by atoms with Crippen molar-refractivity contribution in [3.63, 3.8) is 0 Å². The zero-order valence-corrected chi connectivity index (χ0v) is 22.2. The molecule has 178 valence electrons. The van der Waals surface area contributed by atoms with E-state index in [4.69, 9.17) is 4.98 Å². The summed E-state index contributed by atoms with van der Waals surface area (Å²) < 4.78 is 0. The van der Waals surface area contributed by atoms with E-state index in [0.717, 1.165) is 37.3 Å². The number of nitrogens with zero attached hydrogens (tertiary/aromatic N) is 4. The number of aromatic nitrogens is 3. The minimum Gasteiger partial charge on any atom is -0.375 e. The SMILES string of the molecule is CSC(c1cccc(C2CC(C(SS)c3cnccn3)CCN2)n1)C1C=CN(C(C)C)CC1. The number of hydrogen-bond donors (Lipinski definition) is 2. The Labute approximate surface area is 211 Å². The van der Waals surface area contributed by atoms with Crippen molar-refractivity contribution in [3.05, 3.63) is 66.1 Å². The van der Waals surface area contributed by atoms with Gasteiger partial charge in [-0.3, -0.25) is 15.0 Å². The summed E-state index contributed by atoms with van der Waals surface area (Å²) in [5, 5.41) is 4.34. The molecule has 1 saturated heterocycles. The number of thiol groups is 1. The van der Waals surface area contributed by atoms with E-state index in [1.165, 1.54) is 12.1 Å². The highest BCUT2D eigenvalue weighted by atomic mass is 33.1. The van der Waals surface area contributed by atoms with Gasteiger partial charge in [0.2, 0.25) is 0 Å². The van der Waals surface area contributed by atoms with Gasteiger partial charge in [-0.2, -0.15) is 11.8 Å². The molecule has 0 amide bonds. The van der Waals surface area contributed by atoms with Crippen molar-refractivity contribution >= 4 is 34.2 Å². The maximum Gasteiger partial charge on any atom is 0.0727 e. The van der Waals surface area contributed by atoms with Crippen molar-refractivity contribution in [2.24, 2.45) is 11.8 Å². The number of piperidine rings is 1. The van der Waals surface area contributed by atoms with Crippen LogP contribution in [0.25, 0.3) is 0 Å². The van der Waals surface area contributed by atoms with Crippen LogP contribution in [0.15, 0.2) is 49.1 Å². The van der Waals surface area contributed by atoms with E-state index in [1.54, 1.807) is 23.2 Å². The lowest BCUT2D eigenvalue weighted by atomic mass is 9.86. The number of thioether (sulfide) groups is 1. The van der Waals surface area contributed by atoms with Crippen LogP contribution >= 0.6 is 34.2 Å². The molecule has 0 saturated carbocycles. The van der Waals surface area contributed by atoms with Gasteiger partial charge in [-0.1, -0.05) is 22.9 Å². The fourth-order valence-corrected chi connectivity index (χ4v) is 7.43. The van der Waals surface area contributed by atoms with Crippen LogP contribution in [0.4, 0.5) is 0 Å². The first-order chi connectivity index (χ1) is 16.1. The third kappa shape index (κ3) is 6.08. The molecule has 2 aliphatic heterocycles. The molecule has 1 N–H and O–H groups in total. The van der Waals surface area contributed by atoms with Gasteiger partial charge in [-0.25, -0.2) is 0 Å². The van der Waals surface area contributed by atoms with Gasteiger partial charge in [0.05, 0.1) is 27.6 Å². The summed E-state index contributed by atoms with van der Waals surface area (Å²) in [4.78, 5) is 16.5. The monoisotopic (exact) mass is 501 g/mol. The van der Waals surface area contributed by atoms with E-state index < -0.39 is 0 Å². The molecular weight excluding hydrogens is 467 g/mol. The molecule has 1 fully saturated rings. The minimum absolute atomic E-state index is 0.241. The number of rotatable bonds is 8. The molecule has 5 atom stereocenters. The minimum atomic E-state index is 0.241. The van der Waals surface area contributed by atoms with E-state index >= 15 is 0 Å². The fourth-order valence-electron chi connectivity index (χ4n) is 5.00. The maximum atomic E-state index is 5.20. The Balaban J connectivity index is 1.49. The van der Waals surface area contributed by atoms with Gasteiger partial charge in [-0.15, -0.1) is 11.7 Å². The highest BCUT2D eigenvalue weighted by molar-refractivity contribution is 8.68. The molecule has 5 unspecified atom stereocenters. The third-order valence-electron chi connectivity index (χ3n) is 6.85. The molecule has 0 spiro atoms. The Bertz CT molecular complexity index is 910. The highest BCUT2D eigenvalue weighted by Gasteiger charge is 2.32. The van der Waals surface area contributed by atoms with Crippen molar-refractivity contribution in [2.75, 3.05) is 19.3 Å². The molecule has 0 aromatic carbocycles. The Hall–Kier alpha value is -1.22. The molecule has 2 aromatic rings. The van der Waals surface area contributed by atoms with Crippen molar-refractivity contribution in [2.45, 2.75) is 55.7 Å². The summed E-state index contributed by atoms with van der Waals surface area (Å²) in [7, 11) is 1.59. The summed E-state index contributed by atoms with van der Waals surface area (Å²) in [5.74, 6) is 1.01. The predicted molar refractivity (Wildman–Crippen MR) is 144 cm³/mol. The third-order valence-corrected chi connectivity index (χ3v) is 9.49. The lowest BCUT2D eigenvalue weighted by molar-refractivity contribution is 0.271. The summed E-state index contributed by atoms with van der Waals surface area (Å²) in [6.07, 6.45) is 15.6. The van der Waals surface area contributed by atoms with E-state index in [1.807, 2.05) is 18.0 Å². The Morgan fingerprint density at radius 3 is 2.70 bits per heavy atom. The summed E-state index contributed by atoms with van der Waals surface area (Å²) in [5.41, 5.74) is 3.37. The van der Waals surface area contributed by atoms with Crippen molar-refractivity contribution < 1.29 is 0 Å². The molecule has 33 heavy (non-hydrogen) atoms. The molecule has 0 radical (unpaired) electrons. The highest BCUT2D eigenvalue weighted by Crippen LogP contribution is 2.44. The first kappa shape index (κ1) is 24.9. The first-order valence-corrected chi connectivity index (χ1v) is 15.1. The van der Waals surface area contributed by atoms with Crippen LogP contribution in [0.2, 0.25) is 0 Å². The molecule has 5 nitrogen and oxygen atoms in total. The fraction of sp³-hybridized carbons (Fsp3) is 0.560. The second-order valence-electron chi connectivity index (χ2n) is 9.22. The molecule has 4 rings (SSSR count). The van der Waals surface area contributed by atoms with Gasteiger partial charge in [0, 0.05) is 37.2 Å². The van der Waals surface area contributed by atoms with Crippen LogP contribution in [0.1, 0.15) is 66.7 Å². The Morgan fingerprint density at radius 2 is 2.03 bits per heavy atom. The van der Waals surface area contributed by atoms with E-state index in [9.17, 15) is 0 Å². The number of pyridine rings is 1. The number of allylic oxidation sites excluding steroid dienone is 1. The van der Waals surface area contributed by atoms with Gasteiger partial charge in [0.1, 0.15) is 0 Å². The summed E-state index contributed by atoms with van der Waals surface area (Å²) >= 11 is 6.51. The van der Waals surface area contributed by atoms with Crippen LogP contribution in [-0.4, -0.2) is 45.2 Å². The van der Waals surface area contributed by atoms with Crippen molar-refractivity contribution in [1.82, 2.24) is 25.2 Å². The molecule has 2 aliphatic rings. The predicted octanol–water partition coefficient (Wildman–Crippen LogP) is 5.88. The maximum absolute atomic E-state index is 5.20.